The molecule has 6 rings (SSSR count). The summed E-state index contributed by atoms with van der Waals surface area (Å²) in [5.41, 5.74) is 3.81. The third kappa shape index (κ3) is 7.32. The molecule has 5 nitrogen and oxygen atoms in total. The smallest absolute Gasteiger partial charge is 0.220 e. The van der Waals surface area contributed by atoms with Crippen molar-refractivity contribution < 1.29 is 4.42 Å². The van der Waals surface area contributed by atoms with Gasteiger partial charge in [-0.25, -0.2) is 4.98 Å². The highest BCUT2D eigenvalue weighted by Gasteiger charge is 2.39. The number of aromatic nitrogens is 1. The average molecular weight is 603 g/mol. The van der Waals surface area contributed by atoms with Gasteiger partial charge in [-0.1, -0.05) is 67.4 Å². The second-order valence-electron chi connectivity index (χ2n) is 13.8. The van der Waals surface area contributed by atoms with E-state index in [-0.39, 0.29) is 6.04 Å². The quantitative estimate of drug-likeness (QED) is 0.245. The number of hydrogen-bond acceptors (Lipinski definition) is 5. The molecule has 3 unspecified atom stereocenters. The molecule has 2 saturated heterocycles. The Morgan fingerprint density at radius 2 is 1.56 bits per heavy atom. The summed E-state index contributed by atoms with van der Waals surface area (Å²) in [6, 6.07) is 20.0. The summed E-state index contributed by atoms with van der Waals surface area (Å²) in [5.74, 6) is 3.91. The van der Waals surface area contributed by atoms with Gasteiger partial charge in [-0.3, -0.25) is 4.90 Å². The molecule has 1 saturated carbocycles. The van der Waals surface area contributed by atoms with Crippen LogP contribution < -0.4 is 4.90 Å². The van der Waals surface area contributed by atoms with Crippen LogP contribution in [0.3, 0.4) is 0 Å². The highest BCUT2D eigenvalue weighted by atomic mass is 35.5. The summed E-state index contributed by atoms with van der Waals surface area (Å²) in [7, 11) is 4.46. The lowest BCUT2D eigenvalue weighted by molar-refractivity contribution is 0.0559. The average Bonchev–Trinajstić information content (AvgIpc) is 3.43. The molecule has 3 aliphatic rings. The van der Waals surface area contributed by atoms with E-state index >= 15 is 0 Å². The number of anilines is 1. The van der Waals surface area contributed by atoms with Gasteiger partial charge < -0.3 is 14.2 Å². The van der Waals surface area contributed by atoms with Crippen LogP contribution >= 0.6 is 11.6 Å². The summed E-state index contributed by atoms with van der Waals surface area (Å²) in [5, 5.41) is 0.810. The van der Waals surface area contributed by atoms with Crippen molar-refractivity contribution in [2.45, 2.75) is 83.2 Å². The van der Waals surface area contributed by atoms with Crippen LogP contribution in [0.4, 0.5) is 5.88 Å². The molecular weight excluding hydrogens is 552 g/mol. The number of halogens is 1. The van der Waals surface area contributed by atoms with Gasteiger partial charge in [0.2, 0.25) is 11.8 Å². The molecule has 3 heterocycles. The summed E-state index contributed by atoms with van der Waals surface area (Å²) >= 11 is 6.25. The molecule has 2 aliphatic heterocycles. The van der Waals surface area contributed by atoms with Crippen molar-refractivity contribution in [1.29, 1.82) is 0 Å². The molecule has 0 N–H and O–H groups in total. The topological polar surface area (TPSA) is 35.8 Å². The van der Waals surface area contributed by atoms with Gasteiger partial charge in [0.1, 0.15) is 5.69 Å². The molecule has 6 heteroatoms. The minimum absolute atomic E-state index is 0.264. The highest BCUT2D eigenvalue weighted by Crippen LogP contribution is 2.46. The standard InChI is InChI=1S/C37H51ClN4O/c1-27-11-10-24-42(26-27)37-33(25-28-12-6-4-7-13-28)39-36(43-37)35(41-22-8-5-9-23-41)31-16-14-29(15-17-31)34(40(2)3)30-18-20-32(38)21-19-30/h4,6-7,12-13,18-21,27,29,31,34-35H,5,8-11,14-17,22-26H2,1-3H3. The molecule has 3 atom stereocenters. The summed E-state index contributed by atoms with van der Waals surface area (Å²) in [6.45, 7) is 6.81. The maximum absolute atomic E-state index is 6.99. The second kappa shape index (κ2) is 14.2. The lowest BCUT2D eigenvalue weighted by atomic mass is 9.73. The minimum Gasteiger partial charge on any atom is -0.423 e. The predicted molar refractivity (Wildman–Crippen MR) is 178 cm³/mol. The Balaban J connectivity index is 1.27. The van der Waals surface area contributed by atoms with Crippen molar-refractivity contribution in [3.05, 3.63) is 82.3 Å². The normalized spacial score (nSPS) is 25.1. The Kier molecular flexibility index (Phi) is 10.1. The maximum atomic E-state index is 6.99. The fourth-order valence-electron chi connectivity index (χ4n) is 8.29. The predicted octanol–water partition coefficient (Wildman–Crippen LogP) is 8.79. The number of oxazole rings is 1. The van der Waals surface area contributed by atoms with E-state index in [9.17, 15) is 0 Å². The Morgan fingerprint density at radius 1 is 0.860 bits per heavy atom. The van der Waals surface area contributed by atoms with E-state index < -0.39 is 0 Å². The molecule has 2 aromatic carbocycles. The zero-order valence-corrected chi connectivity index (χ0v) is 27.3. The number of benzene rings is 2. The van der Waals surface area contributed by atoms with Gasteiger partial charge in [-0.2, -0.15) is 0 Å². The van der Waals surface area contributed by atoms with Gasteiger partial charge >= 0.3 is 0 Å². The van der Waals surface area contributed by atoms with E-state index in [4.69, 9.17) is 21.0 Å². The van der Waals surface area contributed by atoms with Crippen LogP contribution in [0.1, 0.15) is 99.5 Å². The van der Waals surface area contributed by atoms with Crippen LogP contribution in [0.25, 0.3) is 0 Å². The SMILES string of the molecule is CC1CCCN(c2oc(C(C3CCC(C(c4ccc(Cl)cc4)N(C)C)CC3)N3CCCCC3)nc2Cc2ccccc2)C1. The monoisotopic (exact) mass is 602 g/mol. The van der Waals surface area contributed by atoms with E-state index in [0.29, 0.717) is 23.8 Å². The van der Waals surface area contributed by atoms with Crippen molar-refractivity contribution in [1.82, 2.24) is 14.8 Å². The molecule has 1 aliphatic carbocycles. The van der Waals surface area contributed by atoms with Crippen LogP contribution in [0, 0.1) is 17.8 Å². The zero-order chi connectivity index (χ0) is 29.8. The number of hydrogen-bond donors (Lipinski definition) is 0. The molecule has 1 aromatic heterocycles. The fourth-order valence-corrected chi connectivity index (χ4v) is 8.42. The van der Waals surface area contributed by atoms with Gasteiger partial charge in [0, 0.05) is 30.6 Å². The van der Waals surface area contributed by atoms with Crippen LogP contribution in [-0.2, 0) is 6.42 Å². The minimum atomic E-state index is 0.264. The lowest BCUT2D eigenvalue weighted by Gasteiger charge is -2.42. The van der Waals surface area contributed by atoms with Crippen molar-refractivity contribution in [3.63, 3.8) is 0 Å². The third-order valence-electron chi connectivity index (χ3n) is 10.4. The Hall–Kier alpha value is -2.34. The van der Waals surface area contributed by atoms with Crippen LogP contribution in [0.2, 0.25) is 5.02 Å². The first kappa shape index (κ1) is 30.7. The van der Waals surface area contributed by atoms with E-state index in [1.165, 1.54) is 68.9 Å². The summed E-state index contributed by atoms with van der Waals surface area (Å²) in [4.78, 5) is 13.1. The van der Waals surface area contributed by atoms with Gasteiger partial charge in [-0.05, 0) is 120 Å². The summed E-state index contributed by atoms with van der Waals surface area (Å²) in [6.07, 6.45) is 12.1. The van der Waals surface area contributed by atoms with Crippen LogP contribution in [-0.4, -0.2) is 55.1 Å². The Labute approximate surface area is 264 Å². The van der Waals surface area contributed by atoms with Gasteiger partial charge in [-0.15, -0.1) is 0 Å². The van der Waals surface area contributed by atoms with Crippen molar-refractivity contribution in [2.75, 3.05) is 45.2 Å². The molecule has 3 fully saturated rings. The van der Waals surface area contributed by atoms with Crippen molar-refractivity contribution in [3.8, 4) is 0 Å². The highest BCUT2D eigenvalue weighted by molar-refractivity contribution is 6.30. The second-order valence-corrected chi connectivity index (χ2v) is 14.3. The third-order valence-corrected chi connectivity index (χ3v) is 10.6. The maximum Gasteiger partial charge on any atom is 0.220 e. The first-order valence-electron chi connectivity index (χ1n) is 16.9. The summed E-state index contributed by atoms with van der Waals surface area (Å²) < 4.78 is 6.99. The number of likely N-dealkylation sites (tertiary alicyclic amines) is 1. The molecular formula is C37H51ClN4O. The van der Waals surface area contributed by atoms with E-state index in [1.807, 2.05) is 12.1 Å². The molecule has 232 valence electrons. The lowest BCUT2D eigenvalue weighted by Crippen LogP contribution is -2.40. The Morgan fingerprint density at radius 3 is 2.23 bits per heavy atom. The number of piperidine rings is 2. The molecule has 3 aromatic rings. The van der Waals surface area contributed by atoms with E-state index in [2.05, 4.69) is 78.2 Å². The first-order chi connectivity index (χ1) is 21.0. The van der Waals surface area contributed by atoms with Crippen LogP contribution in [0.5, 0.6) is 0 Å². The van der Waals surface area contributed by atoms with Crippen LogP contribution in [0.15, 0.2) is 59.0 Å². The van der Waals surface area contributed by atoms with E-state index in [0.717, 1.165) is 55.1 Å². The first-order valence-corrected chi connectivity index (χ1v) is 17.3. The molecule has 0 bridgehead atoms. The van der Waals surface area contributed by atoms with Crippen molar-refractivity contribution >= 4 is 17.5 Å². The van der Waals surface area contributed by atoms with E-state index in [1.54, 1.807) is 0 Å². The Bertz CT molecular complexity index is 1280. The van der Waals surface area contributed by atoms with Gasteiger partial charge in [0.15, 0.2) is 0 Å². The molecule has 0 radical (unpaired) electrons. The number of nitrogens with zero attached hydrogens (tertiary/aromatic N) is 4. The van der Waals surface area contributed by atoms with Crippen molar-refractivity contribution in [2.24, 2.45) is 17.8 Å². The number of rotatable bonds is 9. The van der Waals surface area contributed by atoms with Gasteiger partial charge in [0.25, 0.3) is 0 Å². The molecule has 0 spiro atoms. The fraction of sp³-hybridized carbons (Fsp3) is 0.595. The molecule has 0 amide bonds. The largest absolute Gasteiger partial charge is 0.423 e. The zero-order valence-electron chi connectivity index (χ0n) is 26.6. The molecule has 43 heavy (non-hydrogen) atoms. The van der Waals surface area contributed by atoms with Gasteiger partial charge in [0.05, 0.1) is 6.04 Å².